The molecule has 6 heteroatoms. The number of benzene rings is 1. The molecule has 0 N–H and O–H groups in total. The number of hydrogen-bond acceptors (Lipinski definition) is 3. The molecule has 0 unspecified atom stereocenters. The van der Waals surface area contributed by atoms with E-state index < -0.39 is 9.84 Å². The molecule has 0 spiro atoms. The molecule has 1 aliphatic heterocycles. The van der Waals surface area contributed by atoms with Gasteiger partial charge in [-0.2, -0.15) is 0 Å². The van der Waals surface area contributed by atoms with Gasteiger partial charge in [-0.25, -0.2) is 12.8 Å². The van der Waals surface area contributed by atoms with Gasteiger partial charge in [0.2, 0.25) is 0 Å². The standard InChI is InChI=1S/C12H14FNO3S/c1-9-8-10(2-3-11(9)13)12(15)14-4-6-18(16,17)7-5-14/h2-3,8H,4-7H2,1H3. The van der Waals surface area contributed by atoms with Crippen molar-refractivity contribution in [3.8, 4) is 0 Å². The van der Waals surface area contributed by atoms with Crippen LogP contribution < -0.4 is 0 Å². The van der Waals surface area contributed by atoms with Crippen molar-refractivity contribution in [2.45, 2.75) is 6.92 Å². The zero-order valence-corrected chi connectivity index (χ0v) is 10.8. The fourth-order valence-corrected chi connectivity index (χ4v) is 3.08. The van der Waals surface area contributed by atoms with Crippen molar-refractivity contribution in [3.63, 3.8) is 0 Å². The molecule has 1 aromatic rings. The maximum Gasteiger partial charge on any atom is 0.253 e. The average molecular weight is 271 g/mol. The summed E-state index contributed by atoms with van der Waals surface area (Å²) in [6, 6.07) is 4.16. The van der Waals surface area contributed by atoms with Crippen LogP contribution in [-0.2, 0) is 9.84 Å². The van der Waals surface area contributed by atoms with E-state index >= 15 is 0 Å². The van der Waals surface area contributed by atoms with Crippen molar-refractivity contribution in [1.82, 2.24) is 4.90 Å². The lowest BCUT2D eigenvalue weighted by Gasteiger charge is -2.26. The molecular formula is C12H14FNO3S. The van der Waals surface area contributed by atoms with E-state index in [1.165, 1.54) is 23.1 Å². The number of amides is 1. The van der Waals surface area contributed by atoms with Crippen molar-refractivity contribution in [3.05, 3.63) is 35.1 Å². The largest absolute Gasteiger partial charge is 0.337 e. The van der Waals surface area contributed by atoms with Crippen LogP contribution in [0.4, 0.5) is 4.39 Å². The Morgan fingerprint density at radius 2 is 1.89 bits per heavy atom. The van der Waals surface area contributed by atoms with Crippen LogP contribution in [0.5, 0.6) is 0 Å². The van der Waals surface area contributed by atoms with E-state index in [9.17, 15) is 17.6 Å². The minimum atomic E-state index is -3.00. The van der Waals surface area contributed by atoms with Crippen molar-refractivity contribution in [2.24, 2.45) is 0 Å². The lowest BCUT2D eigenvalue weighted by molar-refractivity contribution is 0.0770. The minimum Gasteiger partial charge on any atom is -0.337 e. The summed E-state index contributed by atoms with van der Waals surface area (Å²) in [6.07, 6.45) is 0. The SMILES string of the molecule is Cc1cc(C(=O)N2CCS(=O)(=O)CC2)ccc1F. The summed E-state index contributed by atoms with van der Waals surface area (Å²) in [6.45, 7) is 2.00. The third-order valence-corrected chi connectivity index (χ3v) is 4.65. The Bertz CT molecular complexity index is 569. The number of carbonyl (C=O) groups is 1. The molecular weight excluding hydrogens is 257 g/mol. The van der Waals surface area contributed by atoms with E-state index in [0.717, 1.165) is 0 Å². The third-order valence-electron chi connectivity index (χ3n) is 3.04. The van der Waals surface area contributed by atoms with Crippen LogP contribution in [0.25, 0.3) is 0 Å². The van der Waals surface area contributed by atoms with Crippen molar-refractivity contribution >= 4 is 15.7 Å². The quantitative estimate of drug-likeness (QED) is 0.766. The first-order chi connectivity index (χ1) is 8.39. The Kier molecular flexibility index (Phi) is 3.38. The average Bonchev–Trinajstić information content (AvgIpc) is 2.32. The summed E-state index contributed by atoms with van der Waals surface area (Å²) >= 11 is 0. The monoisotopic (exact) mass is 271 g/mol. The third kappa shape index (κ3) is 2.69. The number of halogens is 1. The predicted molar refractivity (Wildman–Crippen MR) is 65.7 cm³/mol. The summed E-state index contributed by atoms with van der Waals surface area (Å²) < 4.78 is 35.6. The van der Waals surface area contributed by atoms with Gasteiger partial charge in [-0.3, -0.25) is 4.79 Å². The molecule has 18 heavy (non-hydrogen) atoms. The number of nitrogens with zero attached hydrogens (tertiary/aromatic N) is 1. The van der Waals surface area contributed by atoms with Crippen LogP contribution in [0.3, 0.4) is 0 Å². The van der Waals surface area contributed by atoms with E-state index in [1.54, 1.807) is 6.92 Å². The number of aryl methyl sites for hydroxylation is 1. The molecule has 0 bridgehead atoms. The first-order valence-corrected chi connectivity index (χ1v) is 7.47. The van der Waals surface area contributed by atoms with Crippen molar-refractivity contribution < 1.29 is 17.6 Å². The van der Waals surface area contributed by atoms with Gasteiger partial charge in [0.05, 0.1) is 11.5 Å². The van der Waals surface area contributed by atoms with Gasteiger partial charge in [0.15, 0.2) is 9.84 Å². The molecule has 0 saturated carbocycles. The lowest BCUT2D eigenvalue weighted by Crippen LogP contribution is -2.43. The van der Waals surface area contributed by atoms with E-state index in [1.807, 2.05) is 0 Å². The number of hydrogen-bond donors (Lipinski definition) is 0. The number of rotatable bonds is 1. The molecule has 1 amide bonds. The van der Waals surface area contributed by atoms with E-state index in [0.29, 0.717) is 11.1 Å². The number of sulfone groups is 1. The van der Waals surface area contributed by atoms with Gasteiger partial charge in [-0.15, -0.1) is 0 Å². The van der Waals surface area contributed by atoms with Gasteiger partial charge in [0.25, 0.3) is 5.91 Å². The second kappa shape index (κ2) is 4.68. The van der Waals surface area contributed by atoms with E-state index in [4.69, 9.17) is 0 Å². The highest BCUT2D eigenvalue weighted by Gasteiger charge is 2.25. The molecule has 4 nitrogen and oxygen atoms in total. The van der Waals surface area contributed by atoms with Crippen LogP contribution in [0.2, 0.25) is 0 Å². The van der Waals surface area contributed by atoms with Crippen molar-refractivity contribution in [1.29, 1.82) is 0 Å². The van der Waals surface area contributed by atoms with Crippen LogP contribution in [0, 0.1) is 12.7 Å². The highest BCUT2D eigenvalue weighted by Crippen LogP contribution is 2.13. The zero-order chi connectivity index (χ0) is 13.3. The molecule has 1 saturated heterocycles. The van der Waals surface area contributed by atoms with Crippen molar-refractivity contribution in [2.75, 3.05) is 24.6 Å². The summed E-state index contributed by atoms with van der Waals surface area (Å²) in [5.41, 5.74) is 0.804. The summed E-state index contributed by atoms with van der Waals surface area (Å²) in [4.78, 5) is 13.6. The Morgan fingerprint density at radius 1 is 1.28 bits per heavy atom. The molecule has 0 aromatic heterocycles. The molecule has 0 radical (unpaired) electrons. The Balaban J connectivity index is 2.15. The molecule has 98 valence electrons. The Labute approximate surface area is 105 Å². The minimum absolute atomic E-state index is 0.00107. The van der Waals surface area contributed by atoms with Gasteiger partial charge in [-0.1, -0.05) is 0 Å². The first kappa shape index (κ1) is 13.0. The van der Waals surface area contributed by atoms with Crippen LogP contribution in [0.1, 0.15) is 15.9 Å². The Morgan fingerprint density at radius 3 is 2.44 bits per heavy atom. The normalized spacial score (nSPS) is 18.7. The van der Waals surface area contributed by atoms with Crippen LogP contribution >= 0.6 is 0 Å². The molecule has 1 aromatic carbocycles. The fraction of sp³-hybridized carbons (Fsp3) is 0.417. The maximum atomic E-state index is 13.1. The zero-order valence-electron chi connectivity index (χ0n) is 10.0. The van der Waals surface area contributed by atoms with Gasteiger partial charge in [0, 0.05) is 18.7 Å². The van der Waals surface area contributed by atoms with Crippen LogP contribution in [0.15, 0.2) is 18.2 Å². The predicted octanol–water partition coefficient (Wildman–Crippen LogP) is 1.00. The topological polar surface area (TPSA) is 54.5 Å². The molecule has 1 fully saturated rings. The van der Waals surface area contributed by atoms with Gasteiger partial charge in [0.1, 0.15) is 5.82 Å². The highest BCUT2D eigenvalue weighted by molar-refractivity contribution is 7.91. The molecule has 1 aliphatic rings. The molecule has 2 rings (SSSR count). The summed E-state index contributed by atoms with van der Waals surface area (Å²) in [5.74, 6) is -0.599. The number of carbonyl (C=O) groups excluding carboxylic acids is 1. The van der Waals surface area contributed by atoms with Crippen LogP contribution in [-0.4, -0.2) is 43.8 Å². The van der Waals surface area contributed by atoms with Gasteiger partial charge >= 0.3 is 0 Å². The molecule has 0 atom stereocenters. The molecule has 1 heterocycles. The molecule has 0 aliphatic carbocycles. The van der Waals surface area contributed by atoms with E-state index in [2.05, 4.69) is 0 Å². The summed E-state index contributed by atoms with van der Waals surface area (Å²) in [7, 11) is -3.00. The highest BCUT2D eigenvalue weighted by atomic mass is 32.2. The Hall–Kier alpha value is -1.43. The lowest BCUT2D eigenvalue weighted by atomic mass is 10.1. The van der Waals surface area contributed by atoms with E-state index in [-0.39, 0.29) is 36.3 Å². The summed E-state index contributed by atoms with van der Waals surface area (Å²) in [5, 5.41) is 0. The van der Waals surface area contributed by atoms with Gasteiger partial charge < -0.3 is 4.90 Å². The first-order valence-electron chi connectivity index (χ1n) is 5.65. The maximum absolute atomic E-state index is 13.1. The second-order valence-corrected chi connectivity index (χ2v) is 6.71. The smallest absolute Gasteiger partial charge is 0.253 e. The second-order valence-electron chi connectivity index (χ2n) is 4.41. The fourth-order valence-electron chi connectivity index (χ4n) is 1.88. The van der Waals surface area contributed by atoms with Gasteiger partial charge in [-0.05, 0) is 30.7 Å².